The van der Waals surface area contributed by atoms with E-state index in [2.05, 4.69) is 5.32 Å². The maximum atomic E-state index is 13.7. The smallest absolute Gasteiger partial charge is 0.342 e. The summed E-state index contributed by atoms with van der Waals surface area (Å²) in [6, 6.07) is 6.72. The minimum absolute atomic E-state index is 0.0745. The number of hydrogen-bond donors (Lipinski definition) is 1. The third-order valence-electron chi connectivity index (χ3n) is 3.52. The molecule has 2 aromatic carbocycles. The third-order valence-corrected chi connectivity index (χ3v) is 3.76. The summed E-state index contributed by atoms with van der Waals surface area (Å²) in [4.78, 5) is 24.0. The van der Waals surface area contributed by atoms with Gasteiger partial charge in [0.1, 0.15) is 22.9 Å². The highest BCUT2D eigenvalue weighted by molar-refractivity contribution is 6.31. The Hall–Kier alpha value is -2.67. The van der Waals surface area contributed by atoms with E-state index in [4.69, 9.17) is 21.1 Å². The van der Waals surface area contributed by atoms with Gasteiger partial charge >= 0.3 is 5.97 Å². The highest BCUT2D eigenvalue weighted by Gasteiger charge is 2.18. The summed E-state index contributed by atoms with van der Waals surface area (Å²) in [5.74, 6) is -2.68. The molecule has 0 aliphatic heterocycles. The van der Waals surface area contributed by atoms with E-state index < -0.39 is 36.2 Å². The number of amides is 1. The Bertz CT molecular complexity index is 829. The number of halogens is 3. The SMILES string of the molecule is COc1ccc(Cl)cc1C(=O)OCC(=O)N[C@H](C)c1ccc(F)cc1F. The molecular weight excluding hydrogens is 368 g/mol. The Morgan fingerprint density at radius 2 is 1.92 bits per heavy atom. The van der Waals surface area contributed by atoms with Crippen LogP contribution < -0.4 is 10.1 Å². The highest BCUT2D eigenvalue weighted by Crippen LogP contribution is 2.23. The number of nitrogens with one attached hydrogen (secondary N) is 1. The summed E-state index contributed by atoms with van der Waals surface area (Å²) >= 11 is 5.84. The van der Waals surface area contributed by atoms with Crippen molar-refractivity contribution in [2.45, 2.75) is 13.0 Å². The lowest BCUT2D eigenvalue weighted by atomic mass is 10.1. The molecule has 0 saturated carbocycles. The van der Waals surface area contributed by atoms with Crippen molar-refractivity contribution in [1.29, 1.82) is 0 Å². The van der Waals surface area contributed by atoms with E-state index in [9.17, 15) is 18.4 Å². The van der Waals surface area contributed by atoms with Crippen LogP contribution in [0.15, 0.2) is 36.4 Å². The van der Waals surface area contributed by atoms with Crippen LogP contribution in [0, 0.1) is 11.6 Å². The number of methoxy groups -OCH3 is 1. The van der Waals surface area contributed by atoms with Gasteiger partial charge in [-0.05, 0) is 31.2 Å². The number of hydrogen-bond acceptors (Lipinski definition) is 4. The van der Waals surface area contributed by atoms with Crippen molar-refractivity contribution in [3.63, 3.8) is 0 Å². The molecule has 0 aliphatic rings. The van der Waals surface area contributed by atoms with E-state index in [0.717, 1.165) is 12.1 Å². The summed E-state index contributed by atoms with van der Waals surface area (Å²) in [6.45, 7) is 0.942. The Kier molecular flexibility index (Phi) is 6.52. The van der Waals surface area contributed by atoms with E-state index in [1.807, 2.05) is 0 Å². The molecule has 0 spiro atoms. The van der Waals surface area contributed by atoms with E-state index in [1.54, 1.807) is 6.07 Å². The molecule has 0 aliphatic carbocycles. The van der Waals surface area contributed by atoms with Crippen LogP contribution in [-0.2, 0) is 9.53 Å². The molecular formula is C18H16ClF2NO4. The molecule has 0 saturated heterocycles. The van der Waals surface area contributed by atoms with Crippen molar-refractivity contribution in [3.05, 3.63) is 64.2 Å². The van der Waals surface area contributed by atoms with Gasteiger partial charge in [-0.1, -0.05) is 17.7 Å². The van der Waals surface area contributed by atoms with Crippen LogP contribution in [0.1, 0.15) is 28.9 Å². The molecule has 0 fully saturated rings. The van der Waals surface area contributed by atoms with Crippen molar-refractivity contribution in [2.75, 3.05) is 13.7 Å². The number of carbonyl (C=O) groups excluding carboxylic acids is 2. The Morgan fingerprint density at radius 3 is 2.58 bits per heavy atom. The standard InChI is InChI=1S/C18H16ClF2NO4/c1-10(13-5-4-12(20)8-15(13)21)22-17(23)9-26-18(24)14-7-11(19)3-6-16(14)25-2/h3-8,10H,9H2,1-2H3,(H,22,23)/t10-/m1/s1. The lowest BCUT2D eigenvalue weighted by Crippen LogP contribution is -2.31. The first kappa shape index (κ1) is 19.7. The van der Waals surface area contributed by atoms with Gasteiger partial charge in [-0.15, -0.1) is 0 Å². The summed E-state index contributed by atoms with van der Waals surface area (Å²) in [7, 11) is 1.38. The molecule has 5 nitrogen and oxygen atoms in total. The first-order valence-electron chi connectivity index (χ1n) is 7.56. The summed E-state index contributed by atoms with van der Waals surface area (Å²) in [6.07, 6.45) is 0. The van der Waals surface area contributed by atoms with Gasteiger partial charge in [0.05, 0.1) is 13.2 Å². The fraction of sp³-hybridized carbons (Fsp3) is 0.222. The second kappa shape index (κ2) is 8.62. The summed E-state index contributed by atoms with van der Waals surface area (Å²) in [5, 5.41) is 2.78. The van der Waals surface area contributed by atoms with Gasteiger partial charge in [0.25, 0.3) is 5.91 Å². The lowest BCUT2D eigenvalue weighted by molar-refractivity contribution is -0.124. The molecule has 0 aromatic heterocycles. The van der Waals surface area contributed by atoms with Crippen molar-refractivity contribution in [2.24, 2.45) is 0 Å². The predicted octanol–water partition coefficient (Wildman–Crippen LogP) is 3.66. The van der Waals surface area contributed by atoms with Gasteiger partial charge in [0.2, 0.25) is 0 Å². The Balaban J connectivity index is 1.96. The Morgan fingerprint density at radius 1 is 1.19 bits per heavy atom. The van der Waals surface area contributed by atoms with Crippen LogP contribution in [-0.4, -0.2) is 25.6 Å². The number of benzene rings is 2. The van der Waals surface area contributed by atoms with Crippen LogP contribution >= 0.6 is 11.6 Å². The average Bonchev–Trinajstić information content (AvgIpc) is 2.59. The normalized spacial score (nSPS) is 11.6. The summed E-state index contributed by atoms with van der Waals surface area (Å²) in [5.41, 5.74) is 0.188. The molecule has 8 heteroatoms. The molecule has 2 rings (SSSR count). The van der Waals surface area contributed by atoms with Gasteiger partial charge < -0.3 is 14.8 Å². The van der Waals surface area contributed by atoms with E-state index >= 15 is 0 Å². The zero-order chi connectivity index (χ0) is 19.3. The summed E-state index contributed by atoms with van der Waals surface area (Å²) < 4.78 is 36.6. The molecule has 0 radical (unpaired) electrons. The van der Waals surface area contributed by atoms with Crippen LogP contribution in [0.2, 0.25) is 5.02 Å². The molecule has 26 heavy (non-hydrogen) atoms. The molecule has 0 heterocycles. The monoisotopic (exact) mass is 383 g/mol. The minimum atomic E-state index is -0.792. The maximum Gasteiger partial charge on any atom is 0.342 e. The number of ether oxygens (including phenoxy) is 2. The van der Waals surface area contributed by atoms with Gasteiger partial charge in [-0.25, -0.2) is 13.6 Å². The molecule has 2 aromatic rings. The number of esters is 1. The van der Waals surface area contributed by atoms with E-state index in [0.29, 0.717) is 5.02 Å². The highest BCUT2D eigenvalue weighted by atomic mass is 35.5. The minimum Gasteiger partial charge on any atom is -0.496 e. The van der Waals surface area contributed by atoms with Crippen molar-refractivity contribution in [3.8, 4) is 5.75 Å². The topological polar surface area (TPSA) is 64.6 Å². The predicted molar refractivity (Wildman–Crippen MR) is 91.2 cm³/mol. The third kappa shape index (κ3) is 4.92. The van der Waals surface area contributed by atoms with Crippen LogP contribution in [0.25, 0.3) is 0 Å². The van der Waals surface area contributed by atoms with Crippen molar-refractivity contribution < 1.29 is 27.8 Å². The molecule has 1 atom stereocenters. The second-order valence-corrected chi connectivity index (χ2v) is 5.81. The molecule has 0 bridgehead atoms. The van der Waals surface area contributed by atoms with Crippen LogP contribution in [0.5, 0.6) is 5.75 Å². The second-order valence-electron chi connectivity index (χ2n) is 5.38. The quantitative estimate of drug-likeness (QED) is 0.773. The number of carbonyl (C=O) groups is 2. The molecule has 1 amide bonds. The van der Waals surface area contributed by atoms with E-state index in [-0.39, 0.29) is 16.9 Å². The van der Waals surface area contributed by atoms with Crippen molar-refractivity contribution >= 4 is 23.5 Å². The zero-order valence-electron chi connectivity index (χ0n) is 14.0. The average molecular weight is 384 g/mol. The van der Waals surface area contributed by atoms with Gasteiger partial charge in [-0.3, -0.25) is 4.79 Å². The first-order valence-corrected chi connectivity index (χ1v) is 7.94. The molecule has 138 valence electrons. The van der Waals surface area contributed by atoms with Crippen LogP contribution in [0.4, 0.5) is 8.78 Å². The van der Waals surface area contributed by atoms with E-state index in [1.165, 1.54) is 32.2 Å². The number of rotatable bonds is 6. The van der Waals surface area contributed by atoms with Crippen LogP contribution in [0.3, 0.4) is 0 Å². The largest absolute Gasteiger partial charge is 0.496 e. The Labute approximate surface area is 153 Å². The van der Waals surface area contributed by atoms with Crippen molar-refractivity contribution in [1.82, 2.24) is 5.32 Å². The van der Waals surface area contributed by atoms with Gasteiger partial charge in [0.15, 0.2) is 6.61 Å². The fourth-order valence-electron chi connectivity index (χ4n) is 2.26. The molecule has 1 N–H and O–H groups in total. The molecule has 0 unspecified atom stereocenters. The first-order chi connectivity index (χ1) is 12.3. The maximum absolute atomic E-state index is 13.7. The van der Waals surface area contributed by atoms with Gasteiger partial charge in [0, 0.05) is 16.7 Å². The fourth-order valence-corrected chi connectivity index (χ4v) is 2.43. The lowest BCUT2D eigenvalue weighted by Gasteiger charge is -2.15. The van der Waals surface area contributed by atoms with Gasteiger partial charge in [-0.2, -0.15) is 0 Å². The zero-order valence-corrected chi connectivity index (χ0v) is 14.8.